The first-order chi connectivity index (χ1) is 10.9. The number of nitrogens with zero attached hydrogens (tertiary/aromatic N) is 1. The normalized spacial score (nSPS) is 20.7. The van der Waals surface area contributed by atoms with Crippen molar-refractivity contribution in [2.45, 2.75) is 31.5 Å². The lowest BCUT2D eigenvalue weighted by Gasteiger charge is -2.26. The van der Waals surface area contributed by atoms with Gasteiger partial charge in [0.25, 0.3) is 0 Å². The summed E-state index contributed by atoms with van der Waals surface area (Å²) in [4.78, 5) is 5.79. The van der Waals surface area contributed by atoms with Crippen LogP contribution >= 0.6 is 11.6 Å². The first kappa shape index (κ1) is 16.6. The summed E-state index contributed by atoms with van der Waals surface area (Å²) in [6.45, 7) is 0.452. The second kappa shape index (κ2) is 6.34. The second-order valence-corrected chi connectivity index (χ2v) is 6.35. The molecule has 1 saturated carbocycles. The Morgan fingerprint density at radius 3 is 2.43 bits per heavy atom. The predicted octanol–water partition coefficient (Wildman–Crippen LogP) is 4.02. The zero-order valence-electron chi connectivity index (χ0n) is 12.3. The molecule has 0 aromatic heterocycles. The Hall–Kier alpha value is -1.24. The lowest BCUT2D eigenvalue weighted by Crippen LogP contribution is -2.35. The van der Waals surface area contributed by atoms with Gasteiger partial charge in [0.1, 0.15) is 0 Å². The molecule has 3 rings (SSSR count). The number of benzene rings is 1. The summed E-state index contributed by atoms with van der Waals surface area (Å²) in [5.74, 6) is 0.877. The van der Waals surface area contributed by atoms with Crippen molar-refractivity contribution in [1.29, 1.82) is 0 Å². The van der Waals surface area contributed by atoms with Crippen LogP contribution in [0, 0.1) is 5.92 Å². The minimum Gasteiger partial charge on any atom is -0.403 e. The van der Waals surface area contributed by atoms with E-state index < -0.39 is 11.7 Å². The fourth-order valence-electron chi connectivity index (χ4n) is 2.84. The molecule has 3 nitrogen and oxygen atoms in total. The Kier molecular flexibility index (Phi) is 4.58. The van der Waals surface area contributed by atoms with Gasteiger partial charge in [-0.1, -0.05) is 23.7 Å². The SMILES string of the molecule is OCCC(C1CC1)N1CC(Cl)=C(c2ccc(C(F)(F)F)cc2)O1. The molecule has 1 aliphatic carbocycles. The summed E-state index contributed by atoms with van der Waals surface area (Å²) in [6.07, 6.45) is -1.58. The number of hydrogen-bond acceptors (Lipinski definition) is 3. The van der Waals surface area contributed by atoms with E-state index in [9.17, 15) is 18.3 Å². The number of alkyl halides is 3. The van der Waals surface area contributed by atoms with E-state index in [0.717, 1.165) is 25.0 Å². The van der Waals surface area contributed by atoms with Crippen LogP contribution < -0.4 is 0 Å². The van der Waals surface area contributed by atoms with E-state index in [0.29, 0.717) is 35.2 Å². The highest BCUT2D eigenvalue weighted by Gasteiger charge is 2.39. The molecule has 7 heteroatoms. The molecule has 0 saturated heterocycles. The molecule has 0 bridgehead atoms. The van der Waals surface area contributed by atoms with Gasteiger partial charge in [0.2, 0.25) is 0 Å². The Morgan fingerprint density at radius 2 is 1.91 bits per heavy atom. The highest BCUT2D eigenvalue weighted by Crippen LogP contribution is 2.41. The number of aliphatic hydroxyl groups is 1. The Labute approximate surface area is 137 Å². The molecule has 0 radical (unpaired) electrons. The molecule has 126 valence electrons. The van der Waals surface area contributed by atoms with Gasteiger partial charge in [0.15, 0.2) is 5.76 Å². The van der Waals surface area contributed by atoms with Crippen LogP contribution in [0.25, 0.3) is 5.76 Å². The molecular weight excluding hydrogens is 331 g/mol. The van der Waals surface area contributed by atoms with Gasteiger partial charge in [-0.05, 0) is 37.3 Å². The average Bonchev–Trinajstić information content (AvgIpc) is 3.26. The maximum absolute atomic E-state index is 12.6. The van der Waals surface area contributed by atoms with Gasteiger partial charge < -0.3 is 9.94 Å². The van der Waals surface area contributed by atoms with Crippen LogP contribution in [0.3, 0.4) is 0 Å². The molecule has 2 aliphatic rings. The van der Waals surface area contributed by atoms with E-state index in [1.165, 1.54) is 12.1 Å². The molecule has 1 heterocycles. The van der Waals surface area contributed by atoms with Crippen LogP contribution in [0.5, 0.6) is 0 Å². The van der Waals surface area contributed by atoms with Crippen molar-refractivity contribution in [1.82, 2.24) is 5.06 Å². The maximum Gasteiger partial charge on any atom is 0.416 e. The van der Waals surface area contributed by atoms with E-state index in [2.05, 4.69) is 0 Å². The van der Waals surface area contributed by atoms with E-state index >= 15 is 0 Å². The average molecular weight is 348 g/mol. The van der Waals surface area contributed by atoms with Crippen molar-refractivity contribution < 1.29 is 23.1 Å². The van der Waals surface area contributed by atoms with Crippen molar-refractivity contribution in [2.75, 3.05) is 13.2 Å². The van der Waals surface area contributed by atoms with Gasteiger partial charge in [-0.15, -0.1) is 5.06 Å². The zero-order valence-corrected chi connectivity index (χ0v) is 13.1. The molecule has 23 heavy (non-hydrogen) atoms. The van der Waals surface area contributed by atoms with Gasteiger partial charge in [-0.2, -0.15) is 13.2 Å². The Morgan fingerprint density at radius 1 is 1.26 bits per heavy atom. The Balaban J connectivity index is 1.74. The number of hydroxylamine groups is 2. The van der Waals surface area contributed by atoms with Gasteiger partial charge in [0.05, 0.1) is 23.2 Å². The third-order valence-corrected chi connectivity index (χ3v) is 4.48. The van der Waals surface area contributed by atoms with E-state index in [-0.39, 0.29) is 12.6 Å². The van der Waals surface area contributed by atoms with Crippen molar-refractivity contribution in [3.63, 3.8) is 0 Å². The van der Waals surface area contributed by atoms with Crippen LogP contribution in [0.4, 0.5) is 13.2 Å². The largest absolute Gasteiger partial charge is 0.416 e. The summed E-state index contributed by atoms with van der Waals surface area (Å²) in [5, 5.41) is 11.4. The number of aliphatic hydroxyl groups excluding tert-OH is 1. The van der Waals surface area contributed by atoms with Crippen molar-refractivity contribution >= 4 is 17.4 Å². The van der Waals surface area contributed by atoms with Gasteiger partial charge >= 0.3 is 6.18 Å². The summed E-state index contributed by atoms with van der Waals surface area (Å²) in [7, 11) is 0. The topological polar surface area (TPSA) is 32.7 Å². The minimum absolute atomic E-state index is 0.0637. The zero-order chi connectivity index (χ0) is 16.6. The molecule has 0 amide bonds. The second-order valence-electron chi connectivity index (χ2n) is 5.89. The third-order valence-electron chi connectivity index (χ3n) is 4.18. The fourth-order valence-corrected chi connectivity index (χ4v) is 3.10. The molecule has 1 N–H and O–H groups in total. The van der Waals surface area contributed by atoms with Crippen LogP contribution in [-0.2, 0) is 11.0 Å². The lowest BCUT2D eigenvalue weighted by atomic mass is 10.1. The number of hydrogen-bond donors (Lipinski definition) is 1. The molecule has 0 spiro atoms. The van der Waals surface area contributed by atoms with Gasteiger partial charge in [-0.25, -0.2) is 0 Å². The minimum atomic E-state index is -4.36. The molecule has 1 unspecified atom stereocenters. The first-order valence-electron chi connectivity index (χ1n) is 7.52. The summed E-state index contributed by atoms with van der Waals surface area (Å²) < 4.78 is 37.9. The van der Waals surface area contributed by atoms with E-state index in [1.807, 2.05) is 0 Å². The van der Waals surface area contributed by atoms with E-state index in [1.54, 1.807) is 5.06 Å². The maximum atomic E-state index is 12.6. The molecule has 1 aromatic rings. The van der Waals surface area contributed by atoms with Crippen molar-refractivity contribution in [3.8, 4) is 0 Å². The van der Waals surface area contributed by atoms with Crippen LogP contribution in [-0.4, -0.2) is 29.4 Å². The van der Waals surface area contributed by atoms with Crippen molar-refractivity contribution in [2.24, 2.45) is 5.92 Å². The molecule has 1 aliphatic heterocycles. The molecule has 1 aromatic carbocycles. The quantitative estimate of drug-likeness (QED) is 0.873. The smallest absolute Gasteiger partial charge is 0.403 e. The highest BCUT2D eigenvalue weighted by atomic mass is 35.5. The Bertz CT molecular complexity index is 596. The molecular formula is C16H17ClF3NO2. The summed E-state index contributed by atoms with van der Waals surface area (Å²) >= 11 is 6.23. The highest BCUT2D eigenvalue weighted by molar-refractivity contribution is 6.32. The lowest BCUT2D eigenvalue weighted by molar-refractivity contribution is -0.137. The predicted molar refractivity (Wildman–Crippen MR) is 80.2 cm³/mol. The van der Waals surface area contributed by atoms with Crippen LogP contribution in [0.1, 0.15) is 30.4 Å². The monoisotopic (exact) mass is 347 g/mol. The number of rotatable bonds is 5. The van der Waals surface area contributed by atoms with Gasteiger partial charge in [-0.3, -0.25) is 0 Å². The number of halogens is 4. The van der Waals surface area contributed by atoms with Crippen LogP contribution in [0.2, 0.25) is 0 Å². The summed E-state index contributed by atoms with van der Waals surface area (Å²) in [6, 6.07) is 4.85. The third kappa shape index (κ3) is 3.65. The standard InChI is InChI=1S/C16H17ClF3NO2/c17-13-9-21(14(7-8-22)10-1-2-10)23-15(13)11-3-5-12(6-4-11)16(18,19)20/h3-6,10,14,22H,1-2,7-9H2. The first-order valence-corrected chi connectivity index (χ1v) is 7.89. The van der Waals surface area contributed by atoms with Gasteiger partial charge in [0, 0.05) is 12.2 Å². The fraction of sp³-hybridized carbons (Fsp3) is 0.500. The van der Waals surface area contributed by atoms with Crippen LogP contribution in [0.15, 0.2) is 29.3 Å². The molecule has 1 atom stereocenters. The summed E-state index contributed by atoms with van der Waals surface area (Å²) in [5.41, 5.74) is -0.187. The molecule has 1 fully saturated rings. The van der Waals surface area contributed by atoms with E-state index in [4.69, 9.17) is 16.4 Å². The van der Waals surface area contributed by atoms with Crippen molar-refractivity contribution in [3.05, 3.63) is 40.4 Å².